The number of aliphatic hydroxyl groups is 1. The van der Waals surface area contributed by atoms with Crippen molar-refractivity contribution in [1.29, 1.82) is 0 Å². The third kappa shape index (κ3) is 9.34. The van der Waals surface area contributed by atoms with Crippen molar-refractivity contribution in [3.8, 4) is 0 Å². The highest BCUT2D eigenvalue weighted by Crippen LogP contribution is 1.94. The normalized spacial score (nSPS) is 7.92. The summed E-state index contributed by atoms with van der Waals surface area (Å²) in [4.78, 5) is 0. The maximum Gasteiger partial charge on any atom is 0.0428 e. The number of nitrogens with two attached hydrogens (primary N) is 1. The molecule has 0 spiro atoms. The van der Waals surface area contributed by atoms with Gasteiger partial charge in [0, 0.05) is 13.2 Å². The molecule has 3 N–H and O–H groups in total. The highest BCUT2D eigenvalue weighted by molar-refractivity contribution is 5.85. The summed E-state index contributed by atoms with van der Waals surface area (Å²) in [5.41, 5.74) is 6.54. The first-order valence-corrected chi connectivity index (χ1v) is 4.20. The predicted molar refractivity (Wildman–Crippen MR) is 59.0 cm³/mol. The van der Waals surface area contributed by atoms with E-state index >= 15 is 0 Å². The first-order chi connectivity index (χ1) is 5.85. The number of benzene rings is 1. The van der Waals surface area contributed by atoms with Crippen LogP contribution in [0.3, 0.4) is 0 Å². The van der Waals surface area contributed by atoms with Gasteiger partial charge in [-0.25, -0.2) is 0 Å². The number of hydrogen-bond acceptors (Lipinski definition) is 2. The van der Waals surface area contributed by atoms with Gasteiger partial charge in [0.05, 0.1) is 0 Å². The van der Waals surface area contributed by atoms with Crippen molar-refractivity contribution in [1.82, 2.24) is 0 Å². The van der Waals surface area contributed by atoms with Crippen molar-refractivity contribution in [2.75, 3.05) is 6.61 Å². The summed E-state index contributed by atoms with van der Waals surface area (Å²) in [6.07, 6.45) is 0.875. The van der Waals surface area contributed by atoms with Crippen molar-refractivity contribution < 1.29 is 5.11 Å². The molecule has 0 saturated carbocycles. The molecule has 0 atom stereocenters. The van der Waals surface area contributed by atoms with Gasteiger partial charge < -0.3 is 10.8 Å². The van der Waals surface area contributed by atoms with Gasteiger partial charge in [0.25, 0.3) is 0 Å². The molecule has 0 bridgehead atoms. The fourth-order valence-electron chi connectivity index (χ4n) is 0.614. The standard InChI is InChI=1S/C7H9N.C3H8O.ClH/c8-6-7-4-2-1-3-5-7;1-2-3-4;/h1-5H,6,8H2;4H,2-3H2,1H3;1H. The van der Waals surface area contributed by atoms with E-state index in [1.807, 2.05) is 37.3 Å². The molecule has 3 heteroatoms. The lowest BCUT2D eigenvalue weighted by Gasteiger charge is -1.90. The van der Waals surface area contributed by atoms with E-state index in [0.717, 1.165) is 6.42 Å². The summed E-state index contributed by atoms with van der Waals surface area (Å²) in [5.74, 6) is 0. The van der Waals surface area contributed by atoms with E-state index < -0.39 is 0 Å². The van der Waals surface area contributed by atoms with Crippen LogP contribution < -0.4 is 5.73 Å². The molecule has 1 aromatic rings. The predicted octanol–water partition coefficient (Wildman–Crippen LogP) is 1.96. The number of hydrogen-bond donors (Lipinski definition) is 2. The van der Waals surface area contributed by atoms with Crippen LogP contribution in [0.1, 0.15) is 18.9 Å². The van der Waals surface area contributed by atoms with Gasteiger partial charge in [0.15, 0.2) is 0 Å². The fraction of sp³-hybridized carbons (Fsp3) is 0.400. The monoisotopic (exact) mass is 203 g/mol. The van der Waals surface area contributed by atoms with Gasteiger partial charge in [0.1, 0.15) is 0 Å². The van der Waals surface area contributed by atoms with E-state index in [1.54, 1.807) is 0 Å². The van der Waals surface area contributed by atoms with Gasteiger partial charge in [0.2, 0.25) is 0 Å². The molecule has 0 unspecified atom stereocenters. The minimum atomic E-state index is 0. The van der Waals surface area contributed by atoms with Crippen LogP contribution in [0.25, 0.3) is 0 Å². The lowest BCUT2D eigenvalue weighted by molar-refractivity contribution is 0.295. The molecule has 0 aromatic heterocycles. The molecule has 0 radical (unpaired) electrons. The van der Waals surface area contributed by atoms with Crippen molar-refractivity contribution in [3.63, 3.8) is 0 Å². The summed E-state index contributed by atoms with van der Waals surface area (Å²) < 4.78 is 0. The third-order valence-electron chi connectivity index (χ3n) is 1.30. The lowest BCUT2D eigenvalue weighted by Crippen LogP contribution is -1.94. The van der Waals surface area contributed by atoms with Gasteiger partial charge in [-0.2, -0.15) is 0 Å². The second kappa shape index (κ2) is 11.4. The van der Waals surface area contributed by atoms with Crippen LogP contribution in [0.15, 0.2) is 30.3 Å². The quantitative estimate of drug-likeness (QED) is 0.772. The molecule has 1 rings (SSSR count). The molecule has 0 aliphatic rings. The molecular formula is C10H18ClNO. The number of halogens is 1. The van der Waals surface area contributed by atoms with Crippen molar-refractivity contribution >= 4 is 12.4 Å². The maximum atomic E-state index is 7.88. The Labute approximate surface area is 86.2 Å². The summed E-state index contributed by atoms with van der Waals surface area (Å²) in [6, 6.07) is 9.99. The van der Waals surface area contributed by atoms with Gasteiger partial charge in [-0.1, -0.05) is 37.3 Å². The van der Waals surface area contributed by atoms with Crippen LogP contribution in [0.4, 0.5) is 0 Å². The van der Waals surface area contributed by atoms with Crippen LogP contribution in [0.2, 0.25) is 0 Å². The summed E-state index contributed by atoms with van der Waals surface area (Å²) in [5, 5.41) is 7.88. The molecule has 0 aliphatic heterocycles. The first kappa shape index (κ1) is 14.9. The van der Waals surface area contributed by atoms with Gasteiger partial charge in [-0.15, -0.1) is 12.4 Å². The van der Waals surface area contributed by atoms with E-state index in [4.69, 9.17) is 10.8 Å². The average molecular weight is 204 g/mol. The molecule has 1 aromatic carbocycles. The van der Waals surface area contributed by atoms with E-state index in [0.29, 0.717) is 13.2 Å². The van der Waals surface area contributed by atoms with Crippen LogP contribution in [0.5, 0.6) is 0 Å². The molecule has 0 fully saturated rings. The lowest BCUT2D eigenvalue weighted by atomic mass is 10.2. The number of rotatable bonds is 2. The highest BCUT2D eigenvalue weighted by atomic mass is 35.5. The highest BCUT2D eigenvalue weighted by Gasteiger charge is 1.80. The van der Waals surface area contributed by atoms with Crippen molar-refractivity contribution in [2.45, 2.75) is 19.9 Å². The van der Waals surface area contributed by atoms with Crippen molar-refractivity contribution in [3.05, 3.63) is 35.9 Å². The molecule has 76 valence electrons. The Hall–Kier alpha value is -0.570. The minimum Gasteiger partial charge on any atom is -0.396 e. The molecular weight excluding hydrogens is 186 g/mol. The zero-order valence-corrected chi connectivity index (χ0v) is 8.76. The van der Waals surface area contributed by atoms with Crippen LogP contribution >= 0.6 is 12.4 Å². The smallest absolute Gasteiger partial charge is 0.0428 e. The zero-order valence-electron chi connectivity index (χ0n) is 7.94. The Morgan fingerprint density at radius 2 is 1.69 bits per heavy atom. The Morgan fingerprint density at radius 1 is 1.23 bits per heavy atom. The SMILES string of the molecule is CCCO.Cl.NCc1ccccc1. The Kier molecular flexibility index (Phi) is 13.1. The van der Waals surface area contributed by atoms with Gasteiger partial charge >= 0.3 is 0 Å². The molecule has 0 heterocycles. The van der Waals surface area contributed by atoms with E-state index in [1.165, 1.54) is 5.56 Å². The minimum absolute atomic E-state index is 0. The summed E-state index contributed by atoms with van der Waals surface area (Å²) in [6.45, 7) is 2.89. The zero-order chi connectivity index (χ0) is 9.23. The number of aliphatic hydroxyl groups excluding tert-OH is 1. The second-order valence-corrected chi connectivity index (χ2v) is 2.41. The topological polar surface area (TPSA) is 46.2 Å². The molecule has 13 heavy (non-hydrogen) atoms. The van der Waals surface area contributed by atoms with Crippen molar-refractivity contribution in [2.24, 2.45) is 5.73 Å². The van der Waals surface area contributed by atoms with E-state index in [2.05, 4.69) is 0 Å². The Balaban J connectivity index is 0. The average Bonchev–Trinajstić information content (AvgIpc) is 2.19. The van der Waals surface area contributed by atoms with Gasteiger partial charge in [-0.05, 0) is 12.0 Å². The summed E-state index contributed by atoms with van der Waals surface area (Å²) >= 11 is 0. The van der Waals surface area contributed by atoms with Crippen LogP contribution in [-0.4, -0.2) is 11.7 Å². The first-order valence-electron chi connectivity index (χ1n) is 4.20. The van der Waals surface area contributed by atoms with Crippen LogP contribution in [-0.2, 0) is 6.54 Å². The third-order valence-corrected chi connectivity index (χ3v) is 1.30. The molecule has 2 nitrogen and oxygen atoms in total. The second-order valence-electron chi connectivity index (χ2n) is 2.41. The van der Waals surface area contributed by atoms with Gasteiger partial charge in [-0.3, -0.25) is 0 Å². The maximum absolute atomic E-state index is 7.88. The van der Waals surface area contributed by atoms with E-state index in [9.17, 15) is 0 Å². The Morgan fingerprint density at radius 3 is 1.92 bits per heavy atom. The van der Waals surface area contributed by atoms with Crippen LogP contribution in [0, 0.1) is 0 Å². The van der Waals surface area contributed by atoms with E-state index in [-0.39, 0.29) is 12.4 Å². The summed E-state index contributed by atoms with van der Waals surface area (Å²) in [7, 11) is 0. The largest absolute Gasteiger partial charge is 0.396 e. The molecule has 0 saturated heterocycles. The molecule has 0 aliphatic carbocycles. The molecule has 0 amide bonds. The Bertz CT molecular complexity index is 178. The fourth-order valence-corrected chi connectivity index (χ4v) is 0.614.